The molecule has 1 fully saturated rings. The molecule has 4 nitrogen and oxygen atoms in total. The van der Waals surface area contributed by atoms with Crippen molar-refractivity contribution in [3.8, 4) is 0 Å². The van der Waals surface area contributed by atoms with Gasteiger partial charge in [0.15, 0.2) is 0 Å². The van der Waals surface area contributed by atoms with Gasteiger partial charge in [0, 0.05) is 40.8 Å². The highest BCUT2D eigenvalue weighted by Crippen LogP contribution is 2.15. The van der Waals surface area contributed by atoms with Gasteiger partial charge >= 0.3 is 0 Å². The smallest absolute Gasteiger partial charge is 0.223 e. The van der Waals surface area contributed by atoms with Gasteiger partial charge in [0.25, 0.3) is 0 Å². The maximum absolute atomic E-state index is 11.8. The Morgan fingerprint density at radius 3 is 2.88 bits per heavy atom. The molecule has 1 saturated heterocycles. The average Bonchev–Trinajstić information content (AvgIpc) is 2.25. The molecule has 0 saturated carbocycles. The highest BCUT2D eigenvalue weighted by Gasteiger charge is 2.24. The first kappa shape index (κ1) is 13.6. The molecule has 4 unspecified atom stereocenters. The Balaban J connectivity index is 2.31. The predicted molar refractivity (Wildman–Crippen MR) is 66.7 cm³/mol. The van der Waals surface area contributed by atoms with E-state index in [9.17, 15) is 9.00 Å². The summed E-state index contributed by atoms with van der Waals surface area (Å²) >= 11 is 0. The fourth-order valence-corrected chi connectivity index (χ4v) is 2.19. The Morgan fingerprint density at radius 1 is 1.62 bits per heavy atom. The largest absolute Gasteiger partial charge is 0.355 e. The Kier molecular flexibility index (Phi) is 5.41. The van der Waals surface area contributed by atoms with Gasteiger partial charge in [-0.25, -0.2) is 0 Å². The molecule has 0 aromatic rings. The summed E-state index contributed by atoms with van der Waals surface area (Å²) < 4.78 is 11.1. The first-order valence-corrected chi connectivity index (χ1v) is 7.46. The number of hydrogen-bond acceptors (Lipinski definition) is 3. The monoisotopic (exact) mass is 246 g/mol. The van der Waals surface area contributed by atoms with Crippen LogP contribution in [0.25, 0.3) is 0 Å². The molecule has 0 bridgehead atoms. The first-order valence-electron chi connectivity index (χ1n) is 5.84. The molecule has 0 aliphatic carbocycles. The molecule has 0 spiro atoms. The fourth-order valence-electron chi connectivity index (χ4n) is 1.88. The van der Waals surface area contributed by atoms with E-state index in [2.05, 4.69) is 17.6 Å². The lowest BCUT2D eigenvalue weighted by Crippen LogP contribution is -2.44. The van der Waals surface area contributed by atoms with E-state index in [1.165, 1.54) is 0 Å². The summed E-state index contributed by atoms with van der Waals surface area (Å²) in [6, 6.07) is 0.419. The van der Waals surface area contributed by atoms with Crippen molar-refractivity contribution in [1.29, 1.82) is 0 Å². The zero-order chi connectivity index (χ0) is 12.1. The van der Waals surface area contributed by atoms with Crippen molar-refractivity contribution in [2.45, 2.75) is 38.0 Å². The van der Waals surface area contributed by atoms with Crippen LogP contribution in [-0.4, -0.2) is 40.8 Å². The third-order valence-electron chi connectivity index (χ3n) is 3.12. The van der Waals surface area contributed by atoms with Crippen molar-refractivity contribution in [1.82, 2.24) is 10.6 Å². The van der Waals surface area contributed by atoms with Gasteiger partial charge in [-0.2, -0.15) is 0 Å². The van der Waals surface area contributed by atoms with E-state index in [0.717, 1.165) is 19.4 Å². The van der Waals surface area contributed by atoms with Crippen LogP contribution in [-0.2, 0) is 15.6 Å². The van der Waals surface area contributed by atoms with Gasteiger partial charge in [-0.05, 0) is 33.2 Å². The number of carbonyl (C=O) groups is 1. The van der Waals surface area contributed by atoms with Crippen molar-refractivity contribution >= 4 is 16.7 Å². The van der Waals surface area contributed by atoms with Gasteiger partial charge < -0.3 is 10.6 Å². The van der Waals surface area contributed by atoms with Gasteiger partial charge in [0.05, 0.1) is 0 Å². The maximum atomic E-state index is 11.8. The molecular weight excluding hydrogens is 224 g/mol. The standard InChI is InChI=1S/C11H22N2O2S/c1-8-6-10(4-5-12-8)11(14)13-7-9(2)16(3)15/h8-10,12H,4-7H2,1-3H3,(H,13,14). The lowest BCUT2D eigenvalue weighted by molar-refractivity contribution is -0.126. The van der Waals surface area contributed by atoms with Crippen LogP contribution < -0.4 is 10.6 Å². The fraction of sp³-hybridized carbons (Fsp3) is 0.909. The number of piperidine rings is 1. The molecule has 5 heteroatoms. The van der Waals surface area contributed by atoms with E-state index in [1.54, 1.807) is 6.26 Å². The van der Waals surface area contributed by atoms with E-state index < -0.39 is 10.8 Å². The zero-order valence-electron chi connectivity index (χ0n) is 10.3. The van der Waals surface area contributed by atoms with Crippen LogP contribution in [0, 0.1) is 5.92 Å². The SMILES string of the molecule is CC1CC(C(=O)NCC(C)S(C)=O)CCN1. The molecule has 0 radical (unpaired) electrons. The average molecular weight is 246 g/mol. The van der Waals surface area contributed by atoms with Crippen molar-refractivity contribution in [2.75, 3.05) is 19.3 Å². The molecule has 1 rings (SSSR count). The normalized spacial score (nSPS) is 29.4. The van der Waals surface area contributed by atoms with Crippen molar-refractivity contribution in [3.63, 3.8) is 0 Å². The third kappa shape index (κ3) is 4.22. The quantitative estimate of drug-likeness (QED) is 0.748. The molecule has 1 amide bonds. The second-order valence-corrected chi connectivity index (χ2v) is 6.43. The van der Waals surface area contributed by atoms with Crippen molar-refractivity contribution < 1.29 is 9.00 Å². The number of amides is 1. The van der Waals surface area contributed by atoms with E-state index in [-0.39, 0.29) is 17.1 Å². The lowest BCUT2D eigenvalue weighted by Gasteiger charge is -2.27. The van der Waals surface area contributed by atoms with Gasteiger partial charge in [0.1, 0.15) is 0 Å². The number of carbonyl (C=O) groups excluding carboxylic acids is 1. The summed E-state index contributed by atoms with van der Waals surface area (Å²) in [6.07, 6.45) is 3.47. The summed E-state index contributed by atoms with van der Waals surface area (Å²) in [4.78, 5) is 11.8. The van der Waals surface area contributed by atoms with E-state index in [0.29, 0.717) is 12.6 Å². The molecule has 1 heterocycles. The Hall–Kier alpha value is -0.420. The van der Waals surface area contributed by atoms with Crippen molar-refractivity contribution in [3.05, 3.63) is 0 Å². The molecule has 0 aromatic carbocycles. The Morgan fingerprint density at radius 2 is 2.31 bits per heavy atom. The van der Waals surface area contributed by atoms with Crippen LogP contribution >= 0.6 is 0 Å². The predicted octanol–water partition coefficient (Wildman–Crippen LogP) is 0.258. The van der Waals surface area contributed by atoms with Crippen LogP contribution in [0.2, 0.25) is 0 Å². The Bertz CT molecular complexity index is 271. The summed E-state index contributed by atoms with van der Waals surface area (Å²) in [7, 11) is -0.866. The maximum Gasteiger partial charge on any atom is 0.223 e. The van der Waals surface area contributed by atoms with E-state index >= 15 is 0 Å². The highest BCUT2D eigenvalue weighted by atomic mass is 32.2. The minimum absolute atomic E-state index is 0.0306. The summed E-state index contributed by atoms with van der Waals surface area (Å²) in [5.41, 5.74) is 0. The highest BCUT2D eigenvalue weighted by molar-refractivity contribution is 7.84. The topological polar surface area (TPSA) is 58.2 Å². The lowest BCUT2D eigenvalue weighted by atomic mass is 9.92. The van der Waals surface area contributed by atoms with Crippen molar-refractivity contribution in [2.24, 2.45) is 5.92 Å². The number of rotatable bonds is 4. The molecule has 2 N–H and O–H groups in total. The zero-order valence-corrected chi connectivity index (χ0v) is 11.1. The van der Waals surface area contributed by atoms with Crippen LogP contribution in [0.15, 0.2) is 0 Å². The molecular formula is C11H22N2O2S. The molecule has 94 valence electrons. The molecule has 1 aliphatic heterocycles. The second-order valence-electron chi connectivity index (χ2n) is 4.63. The number of nitrogens with one attached hydrogen (secondary N) is 2. The van der Waals surface area contributed by atoms with Crippen LogP contribution in [0.1, 0.15) is 26.7 Å². The van der Waals surface area contributed by atoms with Crippen LogP contribution in [0.5, 0.6) is 0 Å². The molecule has 0 aromatic heterocycles. The number of hydrogen-bond donors (Lipinski definition) is 2. The third-order valence-corrected chi connectivity index (χ3v) is 4.42. The van der Waals surface area contributed by atoms with Gasteiger partial charge in [-0.15, -0.1) is 0 Å². The first-order chi connectivity index (χ1) is 7.50. The summed E-state index contributed by atoms with van der Waals surface area (Å²) in [5.74, 6) is 0.236. The van der Waals surface area contributed by atoms with Gasteiger partial charge in [0.2, 0.25) is 5.91 Å². The van der Waals surface area contributed by atoms with Gasteiger partial charge in [-0.1, -0.05) is 0 Å². The minimum Gasteiger partial charge on any atom is -0.355 e. The summed E-state index contributed by atoms with van der Waals surface area (Å²) in [5, 5.41) is 6.25. The Labute approximate surface area is 100 Å². The van der Waals surface area contributed by atoms with E-state index in [1.807, 2.05) is 6.92 Å². The van der Waals surface area contributed by atoms with Gasteiger partial charge in [-0.3, -0.25) is 9.00 Å². The van der Waals surface area contributed by atoms with Crippen LogP contribution in [0.4, 0.5) is 0 Å². The molecule has 4 atom stereocenters. The minimum atomic E-state index is -0.866. The van der Waals surface area contributed by atoms with E-state index in [4.69, 9.17) is 0 Å². The van der Waals surface area contributed by atoms with Crippen LogP contribution in [0.3, 0.4) is 0 Å². The molecule has 16 heavy (non-hydrogen) atoms. The molecule has 1 aliphatic rings. The second kappa shape index (κ2) is 6.35. The summed E-state index contributed by atoms with van der Waals surface area (Å²) in [6.45, 7) is 5.42.